The van der Waals surface area contributed by atoms with Crippen molar-refractivity contribution in [2.24, 2.45) is 4.99 Å². The standard InChI is InChI=1S/C22H27FN4O2/c1-3-24-22(27-14-21(28)15-5-4-6-18(11-15)29-2)25-10-9-16-13-26-20-8-7-17(23)12-19(16)20/h4-8,11-13,21,26,28H,3,9-10,14H2,1-2H3,(H2,24,25,27). The van der Waals surface area contributed by atoms with Crippen molar-refractivity contribution < 1.29 is 14.2 Å². The summed E-state index contributed by atoms with van der Waals surface area (Å²) in [6.07, 6.45) is 1.89. The Kier molecular flexibility index (Phi) is 7.08. The van der Waals surface area contributed by atoms with E-state index in [0.717, 1.165) is 22.0 Å². The van der Waals surface area contributed by atoms with Crippen molar-refractivity contribution in [2.45, 2.75) is 19.4 Å². The summed E-state index contributed by atoms with van der Waals surface area (Å²) in [6.45, 7) is 3.54. The van der Waals surface area contributed by atoms with E-state index in [2.05, 4.69) is 20.6 Å². The minimum absolute atomic E-state index is 0.223. The first kappa shape index (κ1) is 20.7. The molecule has 0 fully saturated rings. The lowest BCUT2D eigenvalue weighted by molar-refractivity contribution is 0.186. The number of aliphatic imine (C=N–C) groups is 1. The van der Waals surface area contributed by atoms with Gasteiger partial charge in [-0.3, -0.25) is 4.99 Å². The molecule has 3 aromatic rings. The molecule has 0 aliphatic carbocycles. The number of aliphatic hydroxyl groups is 1. The lowest BCUT2D eigenvalue weighted by Crippen LogP contribution is -2.38. The highest BCUT2D eigenvalue weighted by atomic mass is 19.1. The largest absolute Gasteiger partial charge is 0.497 e. The third-order valence-electron chi connectivity index (χ3n) is 4.66. The van der Waals surface area contributed by atoms with Crippen LogP contribution < -0.4 is 15.4 Å². The quantitative estimate of drug-likeness (QED) is 0.347. The smallest absolute Gasteiger partial charge is 0.191 e. The Morgan fingerprint density at radius 3 is 2.90 bits per heavy atom. The van der Waals surface area contributed by atoms with Gasteiger partial charge in [0.1, 0.15) is 11.6 Å². The van der Waals surface area contributed by atoms with Crippen molar-refractivity contribution >= 4 is 16.9 Å². The van der Waals surface area contributed by atoms with Crippen LogP contribution >= 0.6 is 0 Å². The van der Waals surface area contributed by atoms with Gasteiger partial charge in [-0.05, 0) is 54.8 Å². The van der Waals surface area contributed by atoms with E-state index in [9.17, 15) is 9.50 Å². The van der Waals surface area contributed by atoms with Crippen LogP contribution in [0.4, 0.5) is 4.39 Å². The van der Waals surface area contributed by atoms with Gasteiger partial charge in [0.15, 0.2) is 5.96 Å². The fourth-order valence-electron chi connectivity index (χ4n) is 3.15. The summed E-state index contributed by atoms with van der Waals surface area (Å²) in [5.41, 5.74) is 2.72. The van der Waals surface area contributed by atoms with Crippen LogP contribution in [0.3, 0.4) is 0 Å². The molecule has 0 saturated heterocycles. The molecule has 0 bridgehead atoms. The Hall–Kier alpha value is -3.06. The number of halogens is 1. The zero-order valence-corrected chi connectivity index (χ0v) is 16.7. The number of benzene rings is 2. The van der Waals surface area contributed by atoms with E-state index in [4.69, 9.17) is 4.74 Å². The predicted molar refractivity (Wildman–Crippen MR) is 114 cm³/mol. The van der Waals surface area contributed by atoms with E-state index < -0.39 is 6.10 Å². The molecule has 0 amide bonds. The molecule has 0 spiro atoms. The van der Waals surface area contributed by atoms with Gasteiger partial charge in [-0.2, -0.15) is 0 Å². The Labute approximate surface area is 169 Å². The highest BCUT2D eigenvalue weighted by Crippen LogP contribution is 2.20. The number of fused-ring (bicyclic) bond motifs is 1. The van der Waals surface area contributed by atoms with E-state index in [0.29, 0.717) is 31.2 Å². The molecular weight excluding hydrogens is 371 g/mol. The second-order valence-electron chi connectivity index (χ2n) is 6.69. The molecule has 0 saturated carbocycles. The lowest BCUT2D eigenvalue weighted by atomic mass is 10.1. The summed E-state index contributed by atoms with van der Waals surface area (Å²) in [5, 5.41) is 17.7. The molecule has 0 aliphatic heterocycles. The number of aromatic nitrogens is 1. The molecule has 1 unspecified atom stereocenters. The van der Waals surface area contributed by atoms with Gasteiger partial charge in [-0.1, -0.05) is 12.1 Å². The zero-order chi connectivity index (χ0) is 20.6. The maximum absolute atomic E-state index is 13.5. The average molecular weight is 398 g/mol. The topological polar surface area (TPSA) is 81.7 Å². The summed E-state index contributed by atoms with van der Waals surface area (Å²) < 4.78 is 18.7. The van der Waals surface area contributed by atoms with Crippen LogP contribution in [0.15, 0.2) is 53.7 Å². The summed E-state index contributed by atoms with van der Waals surface area (Å²) in [5.74, 6) is 1.08. The minimum Gasteiger partial charge on any atom is -0.497 e. The molecule has 1 atom stereocenters. The van der Waals surface area contributed by atoms with Crippen LogP contribution in [0.5, 0.6) is 5.75 Å². The number of aromatic amines is 1. The molecule has 0 aliphatic rings. The average Bonchev–Trinajstić information content (AvgIpc) is 3.13. The summed E-state index contributed by atoms with van der Waals surface area (Å²) in [4.78, 5) is 7.64. The first-order chi connectivity index (χ1) is 14.1. The van der Waals surface area contributed by atoms with Crippen LogP contribution in [0.2, 0.25) is 0 Å². The number of hydrogen-bond donors (Lipinski definition) is 4. The highest BCUT2D eigenvalue weighted by molar-refractivity contribution is 5.83. The normalized spacial score (nSPS) is 12.8. The third kappa shape index (κ3) is 5.48. The maximum Gasteiger partial charge on any atom is 0.191 e. The molecule has 6 nitrogen and oxygen atoms in total. The molecule has 154 valence electrons. The summed E-state index contributed by atoms with van der Waals surface area (Å²) in [7, 11) is 1.60. The molecule has 1 heterocycles. The van der Waals surface area contributed by atoms with Crippen molar-refractivity contribution in [1.82, 2.24) is 15.6 Å². The van der Waals surface area contributed by atoms with E-state index in [1.807, 2.05) is 31.3 Å². The monoisotopic (exact) mass is 398 g/mol. The van der Waals surface area contributed by atoms with Crippen LogP contribution in [0.1, 0.15) is 24.2 Å². The molecule has 2 aromatic carbocycles. The SMILES string of the molecule is CCNC(=NCC(O)c1cccc(OC)c1)NCCc1c[nH]c2ccc(F)cc12. The second kappa shape index (κ2) is 9.93. The van der Waals surface area contributed by atoms with Gasteiger partial charge in [0.2, 0.25) is 0 Å². The van der Waals surface area contributed by atoms with Crippen molar-refractivity contribution in [2.75, 3.05) is 26.7 Å². The van der Waals surface area contributed by atoms with E-state index in [1.54, 1.807) is 25.3 Å². The van der Waals surface area contributed by atoms with Gasteiger partial charge in [0, 0.05) is 30.2 Å². The Balaban J connectivity index is 1.59. The third-order valence-corrected chi connectivity index (χ3v) is 4.66. The van der Waals surface area contributed by atoms with E-state index >= 15 is 0 Å². The molecule has 4 N–H and O–H groups in total. The second-order valence-corrected chi connectivity index (χ2v) is 6.69. The van der Waals surface area contributed by atoms with Gasteiger partial charge in [-0.15, -0.1) is 0 Å². The predicted octanol–water partition coefficient (Wildman–Crippen LogP) is 3.15. The molecule has 7 heteroatoms. The zero-order valence-electron chi connectivity index (χ0n) is 16.7. The van der Waals surface area contributed by atoms with Crippen molar-refractivity contribution in [1.29, 1.82) is 0 Å². The fraction of sp³-hybridized carbons (Fsp3) is 0.318. The van der Waals surface area contributed by atoms with E-state index in [1.165, 1.54) is 6.07 Å². The molecule has 0 radical (unpaired) electrons. The molecular formula is C22H27FN4O2. The van der Waals surface area contributed by atoms with Crippen molar-refractivity contribution in [3.63, 3.8) is 0 Å². The van der Waals surface area contributed by atoms with E-state index in [-0.39, 0.29) is 12.4 Å². The minimum atomic E-state index is -0.725. The Morgan fingerprint density at radius 1 is 1.24 bits per heavy atom. The van der Waals surface area contributed by atoms with Gasteiger partial charge in [-0.25, -0.2) is 4.39 Å². The van der Waals surface area contributed by atoms with Crippen LogP contribution in [-0.4, -0.2) is 42.8 Å². The number of H-pyrrole nitrogens is 1. The number of methoxy groups -OCH3 is 1. The first-order valence-corrected chi connectivity index (χ1v) is 9.70. The van der Waals surface area contributed by atoms with Crippen LogP contribution in [0.25, 0.3) is 10.9 Å². The number of hydrogen-bond acceptors (Lipinski definition) is 3. The number of guanidine groups is 1. The molecule has 1 aromatic heterocycles. The maximum atomic E-state index is 13.5. The number of rotatable bonds is 8. The number of nitrogens with zero attached hydrogens (tertiary/aromatic N) is 1. The number of ether oxygens (including phenoxy) is 1. The number of nitrogens with one attached hydrogen (secondary N) is 3. The van der Waals surface area contributed by atoms with Gasteiger partial charge in [0.25, 0.3) is 0 Å². The van der Waals surface area contributed by atoms with Crippen molar-refractivity contribution in [3.05, 3.63) is 65.6 Å². The van der Waals surface area contributed by atoms with Crippen LogP contribution in [0, 0.1) is 5.82 Å². The summed E-state index contributed by atoms with van der Waals surface area (Å²) in [6, 6.07) is 12.1. The first-order valence-electron chi connectivity index (χ1n) is 9.70. The van der Waals surface area contributed by atoms with Gasteiger partial charge in [0.05, 0.1) is 19.8 Å². The van der Waals surface area contributed by atoms with Crippen LogP contribution in [-0.2, 0) is 6.42 Å². The highest BCUT2D eigenvalue weighted by Gasteiger charge is 2.09. The van der Waals surface area contributed by atoms with Gasteiger partial charge >= 0.3 is 0 Å². The van der Waals surface area contributed by atoms with Crippen molar-refractivity contribution in [3.8, 4) is 5.75 Å². The molecule has 3 rings (SSSR count). The summed E-state index contributed by atoms with van der Waals surface area (Å²) >= 11 is 0. The Bertz CT molecular complexity index is 970. The van der Waals surface area contributed by atoms with Gasteiger partial charge < -0.3 is 25.5 Å². The lowest BCUT2D eigenvalue weighted by Gasteiger charge is -2.14. The number of aliphatic hydroxyl groups excluding tert-OH is 1. The molecule has 29 heavy (non-hydrogen) atoms. The Morgan fingerprint density at radius 2 is 2.10 bits per heavy atom. The fourth-order valence-corrected chi connectivity index (χ4v) is 3.15.